The molecule has 18 heavy (non-hydrogen) atoms. The van der Waals surface area contributed by atoms with E-state index in [4.69, 9.17) is 0 Å². The molecule has 1 N–H and O–H groups in total. The van der Waals surface area contributed by atoms with Gasteiger partial charge in [-0.05, 0) is 39.0 Å². The number of carbonyl (C=O) groups excluding carboxylic acids is 1. The number of carbonyl (C=O) groups is 2. The predicted molar refractivity (Wildman–Crippen MR) is 70.2 cm³/mol. The van der Waals surface area contributed by atoms with Crippen molar-refractivity contribution in [1.29, 1.82) is 0 Å². The Morgan fingerprint density at radius 2 is 2.06 bits per heavy atom. The van der Waals surface area contributed by atoms with Crippen LogP contribution in [-0.2, 0) is 9.59 Å². The van der Waals surface area contributed by atoms with Crippen molar-refractivity contribution in [1.82, 2.24) is 4.90 Å². The van der Waals surface area contributed by atoms with E-state index < -0.39 is 11.4 Å². The standard InChI is InChI=1S/C14H25NO3/c1-4-5-8-12(16)15-9-6-7-11(10-15)14(2,3)13(17)18/h11H,4-10H2,1-3H3,(H,17,18). The number of unbranched alkanes of at least 4 members (excludes halogenated alkanes) is 1. The molecule has 1 aliphatic heterocycles. The maximum absolute atomic E-state index is 12.0. The van der Waals surface area contributed by atoms with Gasteiger partial charge in [-0.1, -0.05) is 13.3 Å². The monoisotopic (exact) mass is 255 g/mol. The Kier molecular flexibility index (Phi) is 5.17. The molecule has 0 aromatic carbocycles. The third-order valence-electron chi connectivity index (χ3n) is 4.09. The third kappa shape index (κ3) is 3.47. The Morgan fingerprint density at radius 1 is 1.39 bits per heavy atom. The van der Waals surface area contributed by atoms with E-state index in [1.54, 1.807) is 13.8 Å². The lowest BCUT2D eigenvalue weighted by atomic mass is 9.74. The van der Waals surface area contributed by atoms with Crippen LogP contribution < -0.4 is 0 Å². The van der Waals surface area contributed by atoms with Gasteiger partial charge in [0, 0.05) is 19.5 Å². The average Bonchev–Trinajstić information content (AvgIpc) is 2.35. The van der Waals surface area contributed by atoms with E-state index in [-0.39, 0.29) is 11.8 Å². The molecule has 1 atom stereocenters. The average molecular weight is 255 g/mol. The molecular weight excluding hydrogens is 230 g/mol. The molecule has 4 heteroatoms. The van der Waals surface area contributed by atoms with Crippen LogP contribution in [0, 0.1) is 11.3 Å². The fourth-order valence-electron chi connectivity index (χ4n) is 2.45. The minimum atomic E-state index is -0.768. The van der Waals surface area contributed by atoms with E-state index in [2.05, 4.69) is 6.92 Å². The third-order valence-corrected chi connectivity index (χ3v) is 4.09. The second-order valence-electron chi connectivity index (χ2n) is 5.81. The number of nitrogens with zero attached hydrogens (tertiary/aromatic N) is 1. The van der Waals surface area contributed by atoms with E-state index in [0.29, 0.717) is 13.0 Å². The van der Waals surface area contributed by atoms with Crippen molar-refractivity contribution >= 4 is 11.9 Å². The van der Waals surface area contributed by atoms with Crippen LogP contribution >= 0.6 is 0 Å². The van der Waals surface area contributed by atoms with E-state index in [1.807, 2.05) is 4.90 Å². The summed E-state index contributed by atoms with van der Waals surface area (Å²) in [5.41, 5.74) is -0.746. The van der Waals surface area contributed by atoms with Gasteiger partial charge in [-0.3, -0.25) is 9.59 Å². The topological polar surface area (TPSA) is 57.6 Å². The zero-order valence-corrected chi connectivity index (χ0v) is 11.7. The molecular formula is C14H25NO3. The highest BCUT2D eigenvalue weighted by atomic mass is 16.4. The lowest BCUT2D eigenvalue weighted by molar-refractivity contribution is -0.153. The Labute approximate surface area is 109 Å². The van der Waals surface area contributed by atoms with Crippen molar-refractivity contribution in [2.24, 2.45) is 11.3 Å². The molecule has 0 aromatic heterocycles. The quantitative estimate of drug-likeness (QED) is 0.821. The Morgan fingerprint density at radius 3 is 2.61 bits per heavy atom. The summed E-state index contributed by atoms with van der Waals surface area (Å²) in [5, 5.41) is 9.26. The smallest absolute Gasteiger partial charge is 0.309 e. The van der Waals surface area contributed by atoms with Gasteiger partial charge in [0.2, 0.25) is 5.91 Å². The van der Waals surface area contributed by atoms with E-state index in [1.165, 1.54) is 0 Å². The Bertz CT molecular complexity index is 312. The molecule has 1 unspecified atom stereocenters. The SMILES string of the molecule is CCCCC(=O)N1CCCC(C(C)(C)C(=O)O)C1. The number of hydrogen-bond acceptors (Lipinski definition) is 2. The summed E-state index contributed by atoms with van der Waals surface area (Å²) >= 11 is 0. The molecule has 0 aromatic rings. The molecule has 1 rings (SSSR count). The van der Waals surface area contributed by atoms with Gasteiger partial charge in [0.05, 0.1) is 5.41 Å². The van der Waals surface area contributed by atoms with Crippen molar-refractivity contribution < 1.29 is 14.7 Å². The van der Waals surface area contributed by atoms with Crippen LogP contribution in [0.5, 0.6) is 0 Å². The summed E-state index contributed by atoms with van der Waals surface area (Å²) in [7, 11) is 0. The summed E-state index contributed by atoms with van der Waals surface area (Å²) in [5.74, 6) is -0.521. The molecule has 0 spiro atoms. The number of hydrogen-bond donors (Lipinski definition) is 1. The number of rotatable bonds is 5. The molecule has 4 nitrogen and oxygen atoms in total. The van der Waals surface area contributed by atoms with Gasteiger partial charge in [-0.25, -0.2) is 0 Å². The molecule has 1 amide bonds. The Hall–Kier alpha value is -1.06. The first kappa shape index (κ1) is 15.0. The summed E-state index contributed by atoms with van der Waals surface area (Å²) in [6.07, 6.45) is 4.35. The van der Waals surface area contributed by atoms with Crippen LogP contribution in [0.1, 0.15) is 52.9 Å². The maximum Gasteiger partial charge on any atom is 0.309 e. The first-order valence-corrected chi connectivity index (χ1v) is 6.90. The van der Waals surface area contributed by atoms with Crippen molar-refractivity contribution in [3.05, 3.63) is 0 Å². The van der Waals surface area contributed by atoms with Crippen LogP contribution in [0.4, 0.5) is 0 Å². The summed E-state index contributed by atoms with van der Waals surface area (Å²) in [6.45, 7) is 6.98. The number of carboxylic acids is 1. The Balaban J connectivity index is 2.61. The highest BCUT2D eigenvalue weighted by molar-refractivity contribution is 5.77. The predicted octanol–water partition coefficient (Wildman–Crippen LogP) is 2.53. The lowest BCUT2D eigenvalue weighted by Crippen LogP contribution is -2.46. The first-order chi connectivity index (χ1) is 8.39. The maximum atomic E-state index is 12.0. The molecule has 1 aliphatic rings. The van der Waals surface area contributed by atoms with Gasteiger partial charge >= 0.3 is 5.97 Å². The first-order valence-electron chi connectivity index (χ1n) is 6.90. The second kappa shape index (κ2) is 6.21. The fraction of sp³-hybridized carbons (Fsp3) is 0.857. The number of aliphatic carboxylic acids is 1. The van der Waals surface area contributed by atoms with Crippen molar-refractivity contribution in [2.75, 3.05) is 13.1 Å². The van der Waals surface area contributed by atoms with Gasteiger partial charge in [0.15, 0.2) is 0 Å². The molecule has 1 saturated heterocycles. The van der Waals surface area contributed by atoms with Gasteiger partial charge in [0.25, 0.3) is 0 Å². The van der Waals surface area contributed by atoms with Crippen LogP contribution in [0.2, 0.25) is 0 Å². The van der Waals surface area contributed by atoms with Crippen LogP contribution in [0.3, 0.4) is 0 Å². The van der Waals surface area contributed by atoms with Crippen LogP contribution in [-0.4, -0.2) is 35.0 Å². The lowest BCUT2D eigenvalue weighted by Gasteiger charge is -2.39. The minimum Gasteiger partial charge on any atom is -0.481 e. The number of likely N-dealkylation sites (tertiary alicyclic amines) is 1. The summed E-state index contributed by atoms with van der Waals surface area (Å²) in [4.78, 5) is 25.1. The van der Waals surface area contributed by atoms with Crippen molar-refractivity contribution in [2.45, 2.75) is 52.9 Å². The zero-order chi connectivity index (χ0) is 13.8. The number of carboxylic acid groups (broad SMARTS) is 1. The highest BCUT2D eigenvalue weighted by Crippen LogP contribution is 2.34. The molecule has 0 saturated carbocycles. The van der Waals surface area contributed by atoms with Crippen LogP contribution in [0.25, 0.3) is 0 Å². The summed E-state index contributed by atoms with van der Waals surface area (Å²) < 4.78 is 0. The minimum absolute atomic E-state index is 0.0642. The van der Waals surface area contributed by atoms with E-state index >= 15 is 0 Å². The molecule has 1 fully saturated rings. The molecule has 0 bridgehead atoms. The van der Waals surface area contributed by atoms with Crippen molar-refractivity contribution in [3.8, 4) is 0 Å². The highest BCUT2D eigenvalue weighted by Gasteiger charge is 2.39. The van der Waals surface area contributed by atoms with Crippen LogP contribution in [0.15, 0.2) is 0 Å². The van der Waals surface area contributed by atoms with E-state index in [0.717, 1.165) is 32.2 Å². The molecule has 1 heterocycles. The van der Waals surface area contributed by atoms with Gasteiger partial charge in [0.1, 0.15) is 0 Å². The number of amides is 1. The van der Waals surface area contributed by atoms with Gasteiger partial charge in [-0.2, -0.15) is 0 Å². The molecule has 0 radical (unpaired) electrons. The summed E-state index contributed by atoms with van der Waals surface area (Å²) in [6, 6.07) is 0. The molecule has 104 valence electrons. The molecule has 0 aliphatic carbocycles. The normalized spacial score (nSPS) is 20.8. The second-order valence-corrected chi connectivity index (χ2v) is 5.81. The zero-order valence-electron chi connectivity index (χ0n) is 11.7. The van der Waals surface area contributed by atoms with Crippen molar-refractivity contribution in [3.63, 3.8) is 0 Å². The number of piperidine rings is 1. The fourth-order valence-corrected chi connectivity index (χ4v) is 2.45. The van der Waals surface area contributed by atoms with Gasteiger partial charge < -0.3 is 10.0 Å². The van der Waals surface area contributed by atoms with E-state index in [9.17, 15) is 14.7 Å². The van der Waals surface area contributed by atoms with Gasteiger partial charge in [-0.15, -0.1) is 0 Å². The largest absolute Gasteiger partial charge is 0.481 e.